The third-order valence-corrected chi connectivity index (χ3v) is 10.3. The number of hydrogen-bond donors (Lipinski definition) is 0. The van der Waals surface area contributed by atoms with Gasteiger partial charge in [0.1, 0.15) is 5.58 Å². The summed E-state index contributed by atoms with van der Waals surface area (Å²) in [7, 11) is 0. The number of fused-ring (bicyclic) bond motifs is 3. The van der Waals surface area contributed by atoms with Gasteiger partial charge in [-0.1, -0.05) is 170 Å². The Balaban J connectivity index is 1.06. The lowest BCUT2D eigenvalue weighted by Gasteiger charge is -2.13. The van der Waals surface area contributed by atoms with Crippen molar-refractivity contribution >= 4 is 22.1 Å². The number of para-hydroxylation sites is 1. The summed E-state index contributed by atoms with van der Waals surface area (Å²) >= 11 is 0. The molecule has 10 rings (SSSR count). The van der Waals surface area contributed by atoms with Crippen LogP contribution in [-0.4, -0.2) is 9.97 Å². The number of aromatic nitrogens is 2. The van der Waals surface area contributed by atoms with Crippen molar-refractivity contribution in [3.63, 3.8) is 0 Å². The molecule has 8 aromatic carbocycles. The van der Waals surface area contributed by atoms with Crippen LogP contribution in [0.25, 0.3) is 100 Å². The van der Waals surface area contributed by atoms with Crippen LogP contribution >= 0.6 is 0 Å². The molecule has 0 fully saturated rings. The fourth-order valence-corrected chi connectivity index (χ4v) is 7.52. The summed E-state index contributed by atoms with van der Waals surface area (Å²) in [6.45, 7) is 0. The summed E-state index contributed by atoms with van der Waals surface area (Å²) in [4.78, 5) is 10.3. The number of hydrogen-bond acceptors (Lipinski definition) is 3. The van der Waals surface area contributed by atoms with Crippen molar-refractivity contribution in [3.8, 4) is 78.3 Å². The molecule has 2 heterocycles. The topological polar surface area (TPSA) is 38.9 Å². The van der Waals surface area contributed by atoms with Crippen LogP contribution in [0.1, 0.15) is 0 Å². The Bertz CT molecular complexity index is 2890. The Kier molecular flexibility index (Phi) is 8.16. The van der Waals surface area contributed by atoms with Crippen molar-refractivity contribution in [3.05, 3.63) is 206 Å². The van der Waals surface area contributed by atoms with Gasteiger partial charge in [-0.05, 0) is 92.0 Å². The Labute approximate surface area is 319 Å². The number of benzene rings is 8. The Hall–Kier alpha value is -7.36. The van der Waals surface area contributed by atoms with Crippen molar-refractivity contribution < 1.29 is 4.42 Å². The highest BCUT2D eigenvalue weighted by Crippen LogP contribution is 2.38. The second-order valence-corrected chi connectivity index (χ2v) is 13.8. The molecule has 0 bridgehead atoms. The largest absolute Gasteiger partial charge is 0.438 e. The van der Waals surface area contributed by atoms with Gasteiger partial charge in [-0.3, -0.25) is 0 Å². The first kappa shape index (κ1) is 32.3. The van der Waals surface area contributed by atoms with E-state index in [1.807, 2.05) is 24.3 Å². The van der Waals surface area contributed by atoms with E-state index in [2.05, 4.69) is 182 Å². The Morgan fingerprint density at radius 2 is 0.691 bits per heavy atom. The number of rotatable bonds is 7. The maximum Gasteiger partial charge on any atom is 0.231 e. The van der Waals surface area contributed by atoms with Gasteiger partial charge in [-0.15, -0.1) is 0 Å². The van der Waals surface area contributed by atoms with Gasteiger partial charge < -0.3 is 4.42 Å². The van der Waals surface area contributed by atoms with Gasteiger partial charge in [0.15, 0.2) is 5.82 Å². The summed E-state index contributed by atoms with van der Waals surface area (Å²) < 4.78 is 6.38. The zero-order chi connectivity index (χ0) is 36.6. The minimum atomic E-state index is 0.577. The van der Waals surface area contributed by atoms with E-state index >= 15 is 0 Å². The molecular weight excluding hydrogens is 669 g/mol. The highest BCUT2D eigenvalue weighted by Gasteiger charge is 2.19. The van der Waals surface area contributed by atoms with Crippen molar-refractivity contribution in [1.29, 1.82) is 0 Å². The molecular formula is C52H34N2O. The lowest BCUT2D eigenvalue weighted by Crippen LogP contribution is -1.94. The number of nitrogens with zero attached hydrogens (tertiary/aromatic N) is 2. The highest BCUT2D eigenvalue weighted by molar-refractivity contribution is 6.10. The number of furan rings is 1. The maximum atomic E-state index is 6.38. The van der Waals surface area contributed by atoms with Crippen LogP contribution in [0.2, 0.25) is 0 Å². The SMILES string of the molecule is c1ccc(-c2ccc(-c3nc(-c4cccc(-c5cccc(-c6cc(-c7ccccc7)cc(-c7ccccc7)c6)c5)c4)nc4oc5ccccc5c34)cc2)cc1. The van der Waals surface area contributed by atoms with Gasteiger partial charge in [-0.25, -0.2) is 4.98 Å². The average molecular weight is 703 g/mol. The predicted octanol–water partition coefficient (Wildman–Crippen LogP) is 14.0. The fourth-order valence-electron chi connectivity index (χ4n) is 7.52. The lowest BCUT2D eigenvalue weighted by molar-refractivity contribution is 0.653. The molecule has 0 N–H and O–H groups in total. The van der Waals surface area contributed by atoms with Gasteiger partial charge in [0.05, 0.1) is 11.1 Å². The Morgan fingerprint density at radius 3 is 1.29 bits per heavy atom. The molecule has 258 valence electrons. The van der Waals surface area contributed by atoms with Crippen LogP contribution < -0.4 is 0 Å². The molecule has 0 aliphatic heterocycles. The summed E-state index contributed by atoms with van der Waals surface area (Å²) in [5.41, 5.74) is 15.8. The zero-order valence-corrected chi connectivity index (χ0v) is 29.9. The predicted molar refractivity (Wildman–Crippen MR) is 227 cm³/mol. The van der Waals surface area contributed by atoms with E-state index < -0.39 is 0 Å². The molecule has 2 aromatic heterocycles. The first-order chi connectivity index (χ1) is 27.2. The van der Waals surface area contributed by atoms with E-state index in [0.717, 1.165) is 55.4 Å². The van der Waals surface area contributed by atoms with Crippen molar-refractivity contribution in [2.24, 2.45) is 0 Å². The van der Waals surface area contributed by atoms with Crippen LogP contribution in [0.15, 0.2) is 211 Å². The van der Waals surface area contributed by atoms with E-state index in [4.69, 9.17) is 14.4 Å². The van der Waals surface area contributed by atoms with E-state index in [1.165, 1.54) is 33.4 Å². The van der Waals surface area contributed by atoms with Crippen molar-refractivity contribution in [2.75, 3.05) is 0 Å². The molecule has 0 atom stereocenters. The second-order valence-electron chi connectivity index (χ2n) is 13.8. The van der Waals surface area contributed by atoms with E-state index in [-0.39, 0.29) is 0 Å². The van der Waals surface area contributed by atoms with Gasteiger partial charge in [-0.2, -0.15) is 4.98 Å². The molecule has 0 saturated carbocycles. The monoisotopic (exact) mass is 702 g/mol. The molecule has 0 aliphatic carbocycles. The van der Waals surface area contributed by atoms with Crippen LogP contribution in [0.4, 0.5) is 0 Å². The minimum Gasteiger partial charge on any atom is -0.438 e. The maximum absolute atomic E-state index is 6.38. The summed E-state index contributed by atoms with van der Waals surface area (Å²) in [5.74, 6) is 0.620. The molecule has 0 unspecified atom stereocenters. The summed E-state index contributed by atoms with van der Waals surface area (Å²) in [6, 6.07) is 72.5. The van der Waals surface area contributed by atoms with Crippen LogP contribution in [0.3, 0.4) is 0 Å². The molecule has 3 nitrogen and oxygen atoms in total. The van der Waals surface area contributed by atoms with Crippen LogP contribution in [0, 0.1) is 0 Å². The summed E-state index contributed by atoms with van der Waals surface area (Å²) in [5, 5.41) is 1.92. The molecule has 0 aliphatic rings. The quantitative estimate of drug-likeness (QED) is 0.166. The first-order valence-corrected chi connectivity index (χ1v) is 18.6. The average Bonchev–Trinajstić information content (AvgIpc) is 3.66. The van der Waals surface area contributed by atoms with E-state index in [9.17, 15) is 0 Å². The molecule has 0 spiro atoms. The van der Waals surface area contributed by atoms with Crippen molar-refractivity contribution in [2.45, 2.75) is 0 Å². The summed E-state index contributed by atoms with van der Waals surface area (Å²) in [6.07, 6.45) is 0. The van der Waals surface area contributed by atoms with Gasteiger partial charge in [0, 0.05) is 16.5 Å². The van der Waals surface area contributed by atoms with Crippen molar-refractivity contribution in [1.82, 2.24) is 9.97 Å². The fraction of sp³-hybridized carbons (Fsp3) is 0. The van der Waals surface area contributed by atoms with Crippen LogP contribution in [-0.2, 0) is 0 Å². The third-order valence-electron chi connectivity index (χ3n) is 10.3. The minimum absolute atomic E-state index is 0.577. The smallest absolute Gasteiger partial charge is 0.231 e. The molecule has 55 heavy (non-hydrogen) atoms. The molecule has 3 heteroatoms. The molecule has 0 amide bonds. The standard InChI is InChI=1S/C52H34N2O/c1-4-14-35(15-5-1)38-26-28-39(29-27-38)50-49-47-24-10-11-25-48(47)55-52(49)54-51(53-50)43-23-13-21-41(31-43)40-20-12-22-42(30-40)46-33-44(36-16-6-2-7-17-36)32-45(34-46)37-18-8-3-9-19-37/h1-34H. The van der Waals surface area contributed by atoms with Gasteiger partial charge in [0.25, 0.3) is 0 Å². The highest BCUT2D eigenvalue weighted by atomic mass is 16.3. The van der Waals surface area contributed by atoms with Crippen LogP contribution in [0.5, 0.6) is 0 Å². The lowest BCUT2D eigenvalue weighted by atomic mass is 9.92. The second kappa shape index (κ2) is 13.9. The zero-order valence-electron chi connectivity index (χ0n) is 29.9. The van der Waals surface area contributed by atoms with Gasteiger partial charge >= 0.3 is 0 Å². The molecule has 10 aromatic rings. The van der Waals surface area contributed by atoms with E-state index in [1.54, 1.807) is 0 Å². The first-order valence-electron chi connectivity index (χ1n) is 18.6. The molecule has 0 saturated heterocycles. The third kappa shape index (κ3) is 6.28. The normalized spacial score (nSPS) is 11.3. The Morgan fingerprint density at radius 1 is 0.291 bits per heavy atom. The molecule has 0 radical (unpaired) electrons. The van der Waals surface area contributed by atoms with E-state index in [0.29, 0.717) is 11.5 Å². The van der Waals surface area contributed by atoms with Gasteiger partial charge in [0.2, 0.25) is 5.71 Å².